The Bertz CT molecular complexity index is 5270. The minimum atomic E-state index is -0.209. The molecule has 392 valence electrons. The van der Waals surface area contributed by atoms with Gasteiger partial charge in [-0.25, -0.2) is 0 Å². The molecule has 2 aliphatic rings. The van der Waals surface area contributed by atoms with Gasteiger partial charge in [0.2, 0.25) is 23.8 Å². The first-order valence-electron chi connectivity index (χ1n) is 28.5. The Hall–Kier alpha value is -11.4. The molecule has 2 atom stereocenters. The smallest absolute Gasteiger partial charge is 0.241 e. The maximum Gasteiger partial charge on any atom is 0.241 e. The molecule has 0 fully saturated rings. The summed E-state index contributed by atoms with van der Waals surface area (Å²) in [5.74, 6) is 3.53. The van der Waals surface area contributed by atoms with Crippen LogP contribution in [-0.2, 0) is 0 Å². The molecule has 10 aromatic carbocycles. The van der Waals surface area contributed by atoms with E-state index >= 15 is 0 Å². The highest BCUT2D eigenvalue weighted by Crippen LogP contribution is 2.52. The van der Waals surface area contributed by atoms with Gasteiger partial charge in [0.15, 0.2) is 0 Å². The summed E-state index contributed by atoms with van der Waals surface area (Å²) in [4.78, 5) is 30.8. The lowest BCUT2D eigenvalue weighted by Gasteiger charge is -2.27. The van der Waals surface area contributed by atoms with Crippen molar-refractivity contribution < 1.29 is 0 Å². The molecule has 0 bridgehead atoms. The van der Waals surface area contributed by atoms with E-state index in [1.54, 1.807) is 0 Å². The van der Waals surface area contributed by atoms with Gasteiger partial charge in [0.25, 0.3) is 0 Å². The van der Waals surface area contributed by atoms with Gasteiger partial charge < -0.3 is 4.90 Å². The predicted octanol–water partition coefficient (Wildman–Crippen LogP) is 16.9. The van der Waals surface area contributed by atoms with E-state index in [-0.39, 0.29) is 12.0 Å². The molecule has 11 nitrogen and oxygen atoms in total. The van der Waals surface area contributed by atoms with E-state index in [0.29, 0.717) is 23.8 Å². The third-order valence-corrected chi connectivity index (χ3v) is 17.7. The molecule has 17 aromatic rings. The molecule has 2 unspecified atom stereocenters. The molecule has 7 aromatic heterocycles. The number of nitrogens with zero attached hydrogens (tertiary/aromatic N) is 11. The number of anilines is 2. The average Bonchev–Trinajstić information content (AvgIpc) is 3.40. The molecular formula is C73H45N11. The van der Waals surface area contributed by atoms with Gasteiger partial charge in [0.1, 0.15) is 11.6 Å². The van der Waals surface area contributed by atoms with E-state index in [4.69, 9.17) is 24.9 Å². The first-order valence-corrected chi connectivity index (χ1v) is 28.5. The van der Waals surface area contributed by atoms with Gasteiger partial charge in [-0.3, -0.25) is 22.8 Å². The van der Waals surface area contributed by atoms with E-state index in [9.17, 15) is 0 Å². The van der Waals surface area contributed by atoms with Crippen molar-refractivity contribution in [2.24, 2.45) is 0 Å². The van der Waals surface area contributed by atoms with Crippen molar-refractivity contribution in [3.63, 3.8) is 0 Å². The van der Waals surface area contributed by atoms with Crippen molar-refractivity contribution in [1.82, 2.24) is 47.8 Å². The maximum atomic E-state index is 5.79. The van der Waals surface area contributed by atoms with Crippen LogP contribution >= 0.6 is 0 Å². The summed E-state index contributed by atoms with van der Waals surface area (Å²) < 4.78 is 11.3. The Morgan fingerprint density at radius 1 is 0.262 bits per heavy atom. The number of aromatic nitrogens is 10. The van der Waals surface area contributed by atoms with E-state index in [1.165, 1.54) is 0 Å². The Morgan fingerprint density at radius 2 is 0.571 bits per heavy atom. The van der Waals surface area contributed by atoms with Crippen LogP contribution in [0.15, 0.2) is 261 Å². The largest absolute Gasteiger partial charge is 0.302 e. The van der Waals surface area contributed by atoms with Crippen LogP contribution in [0.5, 0.6) is 0 Å². The number of rotatable bonds is 6. The second-order valence-corrected chi connectivity index (χ2v) is 22.0. The topological polar surface area (TPSA) is 92.3 Å². The SMILES string of the molecule is C1=CC2c3c(ccc4c5ccccc5n(-c5nc(-n6c7ccccc7c7ccccc76)cc(-n6c7ccccc7c7ccccc76)n5)c34)N(c3nc(-n4c5ccccc5c5ccccc54)nc(-n4c5ccccc5c5ccccc54)n3)C2C=C1. The molecule has 0 radical (unpaired) electrons. The molecule has 8 heterocycles. The summed E-state index contributed by atoms with van der Waals surface area (Å²) in [5, 5.41) is 11.3. The highest BCUT2D eigenvalue weighted by molar-refractivity contribution is 6.14. The summed E-state index contributed by atoms with van der Waals surface area (Å²) in [7, 11) is 0. The standard InChI is InChI=1S/C73H45N11/c1-11-31-55-44(21-1)45-22-2-12-32-56(45)79(55)66-43-67(80-57-33-13-3-23-46(57)47-24-4-14-34-58(47)80)75-70(74-66)84-63-39-19-9-29-52(63)53-41-42-65-68(69(53)84)54-30-10-20-40-64(54)83(65)73-77-71(81-59-35-15-5-25-48(59)49-26-6-16-36-60(49)81)76-72(78-73)82-61-37-17-7-27-50(61)51-28-8-18-38-62(51)82/h1-43,54,64H. The van der Waals surface area contributed by atoms with Crippen molar-refractivity contribution in [3.05, 3.63) is 266 Å². The Labute approximate surface area is 478 Å². The zero-order valence-electron chi connectivity index (χ0n) is 44.9. The second kappa shape index (κ2) is 17.1. The summed E-state index contributed by atoms with van der Waals surface area (Å²) in [6.07, 6.45) is 8.98. The summed E-state index contributed by atoms with van der Waals surface area (Å²) in [6.45, 7) is 0. The lowest BCUT2D eigenvalue weighted by Crippen LogP contribution is -2.31. The normalized spacial score (nSPS) is 15.0. The van der Waals surface area contributed by atoms with Gasteiger partial charge in [-0.05, 0) is 60.7 Å². The molecule has 1 aliphatic carbocycles. The van der Waals surface area contributed by atoms with Gasteiger partial charge in [0.05, 0.1) is 66.9 Å². The number of benzene rings is 10. The van der Waals surface area contributed by atoms with Gasteiger partial charge in [-0.2, -0.15) is 24.9 Å². The molecule has 84 heavy (non-hydrogen) atoms. The van der Waals surface area contributed by atoms with Crippen LogP contribution in [0.25, 0.3) is 139 Å². The Morgan fingerprint density at radius 3 is 0.964 bits per heavy atom. The third-order valence-electron chi connectivity index (χ3n) is 17.7. The molecule has 11 heteroatoms. The fourth-order valence-electron chi connectivity index (χ4n) is 14.3. The zero-order valence-corrected chi connectivity index (χ0v) is 44.9. The van der Waals surface area contributed by atoms with Gasteiger partial charge in [0, 0.05) is 71.4 Å². The predicted molar refractivity (Wildman–Crippen MR) is 341 cm³/mol. The van der Waals surface area contributed by atoms with Crippen LogP contribution in [0.2, 0.25) is 0 Å². The van der Waals surface area contributed by atoms with E-state index in [2.05, 4.69) is 289 Å². The maximum absolute atomic E-state index is 5.79. The minimum Gasteiger partial charge on any atom is -0.302 e. The van der Waals surface area contributed by atoms with Crippen molar-refractivity contribution in [3.8, 4) is 29.5 Å². The fourth-order valence-corrected chi connectivity index (χ4v) is 14.3. The summed E-state index contributed by atoms with van der Waals surface area (Å²) >= 11 is 0. The van der Waals surface area contributed by atoms with Crippen LogP contribution in [0.3, 0.4) is 0 Å². The lowest BCUT2D eigenvalue weighted by atomic mass is 9.90. The number of para-hydroxylation sites is 9. The van der Waals surface area contributed by atoms with Crippen molar-refractivity contribution in [1.29, 1.82) is 0 Å². The molecule has 0 spiro atoms. The molecule has 19 rings (SSSR count). The monoisotopic (exact) mass is 1080 g/mol. The second-order valence-electron chi connectivity index (χ2n) is 22.0. The Balaban J connectivity index is 0.912. The van der Waals surface area contributed by atoms with Gasteiger partial charge >= 0.3 is 0 Å². The number of fused-ring (bicyclic) bond motifs is 19. The van der Waals surface area contributed by atoms with Crippen LogP contribution in [0.4, 0.5) is 11.6 Å². The van der Waals surface area contributed by atoms with Crippen LogP contribution in [0, 0.1) is 0 Å². The first kappa shape index (κ1) is 45.3. The highest BCUT2D eigenvalue weighted by atomic mass is 15.4. The minimum absolute atomic E-state index is 0.126. The van der Waals surface area contributed by atoms with Gasteiger partial charge in [-0.15, -0.1) is 0 Å². The molecule has 0 saturated carbocycles. The zero-order chi connectivity index (χ0) is 54.7. The first-order chi connectivity index (χ1) is 41.7. The molecule has 1 aliphatic heterocycles. The quantitative estimate of drug-likeness (QED) is 0.165. The van der Waals surface area contributed by atoms with Crippen molar-refractivity contribution in [2.45, 2.75) is 12.0 Å². The lowest BCUT2D eigenvalue weighted by molar-refractivity contribution is 0.722. The molecule has 0 saturated heterocycles. The fraction of sp³-hybridized carbons (Fsp3) is 0.0274. The third kappa shape index (κ3) is 6.15. The van der Waals surface area contributed by atoms with Crippen LogP contribution in [-0.4, -0.2) is 53.8 Å². The van der Waals surface area contributed by atoms with Gasteiger partial charge in [-0.1, -0.05) is 194 Å². The highest BCUT2D eigenvalue weighted by Gasteiger charge is 2.42. The van der Waals surface area contributed by atoms with Crippen molar-refractivity contribution >= 4 is 121 Å². The van der Waals surface area contributed by atoms with Crippen molar-refractivity contribution in [2.75, 3.05) is 4.90 Å². The molecule has 0 N–H and O–H groups in total. The van der Waals surface area contributed by atoms with Crippen LogP contribution < -0.4 is 4.90 Å². The number of allylic oxidation sites excluding steroid dienone is 2. The van der Waals surface area contributed by atoms with E-state index in [1.807, 2.05) is 0 Å². The Kier molecular flexibility index (Phi) is 9.20. The van der Waals surface area contributed by atoms with E-state index < -0.39 is 0 Å². The molecule has 0 amide bonds. The summed E-state index contributed by atoms with van der Waals surface area (Å²) in [6, 6.07) is 83.9. The average molecular weight is 1080 g/mol. The number of hydrogen-bond donors (Lipinski definition) is 0. The molecular weight excluding hydrogens is 1030 g/mol. The van der Waals surface area contributed by atoms with E-state index in [0.717, 1.165) is 132 Å². The summed E-state index contributed by atoms with van der Waals surface area (Å²) in [5.41, 5.74) is 12.5. The number of hydrogen-bond acceptors (Lipinski definition) is 6. The van der Waals surface area contributed by atoms with Crippen LogP contribution in [0.1, 0.15) is 11.5 Å².